The van der Waals surface area contributed by atoms with E-state index in [9.17, 15) is 4.79 Å². The summed E-state index contributed by atoms with van der Waals surface area (Å²) in [5.41, 5.74) is 0. The molecule has 1 aromatic heterocycles. The van der Waals surface area contributed by atoms with E-state index in [0.29, 0.717) is 43.9 Å². The first-order valence-corrected chi connectivity index (χ1v) is 8.56. The predicted molar refractivity (Wildman–Crippen MR) is 83.5 cm³/mol. The Balaban J connectivity index is 2.56. The molecule has 0 aliphatic heterocycles. The minimum Gasteiger partial charge on any atom is -0.481 e. The van der Waals surface area contributed by atoms with Crippen LogP contribution in [0.4, 0.5) is 5.13 Å². The quantitative estimate of drug-likeness (QED) is 0.455. The lowest BCUT2D eigenvalue weighted by Gasteiger charge is -2.20. The molecule has 0 radical (unpaired) electrons. The van der Waals surface area contributed by atoms with Gasteiger partial charge in [-0.05, 0) is 13.8 Å². The molecule has 9 heteroatoms. The summed E-state index contributed by atoms with van der Waals surface area (Å²) in [5, 5.41) is 17.6. The number of hydrogen-bond acceptors (Lipinski definition) is 8. The number of carboxylic acids is 1. The number of nitrogens with zero attached hydrogens (tertiary/aromatic N) is 3. The molecule has 0 aliphatic carbocycles. The summed E-state index contributed by atoms with van der Waals surface area (Å²) in [5.74, 6) is -0.867. The van der Waals surface area contributed by atoms with E-state index in [0.717, 1.165) is 5.13 Å². The Labute approximate surface area is 132 Å². The molecular weight excluding hydrogens is 314 g/mol. The molecule has 1 rings (SSSR count). The van der Waals surface area contributed by atoms with Crippen LogP contribution in [0.5, 0.6) is 0 Å². The summed E-state index contributed by atoms with van der Waals surface area (Å²) in [4.78, 5) is 12.6. The Bertz CT molecular complexity index is 407. The van der Waals surface area contributed by atoms with Crippen LogP contribution in [-0.2, 0) is 14.3 Å². The summed E-state index contributed by atoms with van der Waals surface area (Å²) >= 11 is 2.57. The van der Waals surface area contributed by atoms with E-state index in [-0.39, 0.29) is 5.75 Å². The fourth-order valence-corrected chi connectivity index (χ4v) is 3.07. The Hall–Kier alpha value is -0.900. The average Bonchev–Trinajstić information content (AvgIpc) is 2.92. The van der Waals surface area contributed by atoms with Crippen molar-refractivity contribution in [2.45, 2.75) is 18.2 Å². The maximum absolute atomic E-state index is 10.6. The van der Waals surface area contributed by atoms with Gasteiger partial charge in [-0.3, -0.25) is 4.79 Å². The van der Waals surface area contributed by atoms with Gasteiger partial charge in [-0.15, -0.1) is 10.2 Å². The van der Waals surface area contributed by atoms with Crippen LogP contribution in [0.3, 0.4) is 0 Å². The van der Waals surface area contributed by atoms with Crippen LogP contribution >= 0.6 is 23.1 Å². The van der Waals surface area contributed by atoms with Crippen molar-refractivity contribution in [3.05, 3.63) is 0 Å². The number of rotatable bonds is 12. The topological polar surface area (TPSA) is 84.8 Å². The fraction of sp³-hybridized carbons (Fsp3) is 0.750. The molecule has 1 heterocycles. The van der Waals surface area contributed by atoms with Crippen molar-refractivity contribution in [2.75, 3.05) is 50.2 Å². The highest BCUT2D eigenvalue weighted by Crippen LogP contribution is 2.27. The van der Waals surface area contributed by atoms with Crippen molar-refractivity contribution < 1.29 is 19.4 Å². The largest absolute Gasteiger partial charge is 0.481 e. The lowest BCUT2D eigenvalue weighted by atomic mass is 10.5. The number of carbonyl (C=O) groups is 1. The van der Waals surface area contributed by atoms with E-state index < -0.39 is 5.97 Å². The number of hydrogen-bond donors (Lipinski definition) is 1. The molecule has 120 valence electrons. The molecule has 0 unspecified atom stereocenters. The Morgan fingerprint density at radius 2 is 1.86 bits per heavy atom. The van der Waals surface area contributed by atoms with Crippen molar-refractivity contribution in [3.8, 4) is 0 Å². The Morgan fingerprint density at radius 3 is 2.38 bits per heavy atom. The Morgan fingerprint density at radius 1 is 1.24 bits per heavy atom. The van der Waals surface area contributed by atoms with E-state index in [1.165, 1.54) is 23.1 Å². The summed E-state index contributed by atoms with van der Waals surface area (Å²) in [7, 11) is 0. The molecule has 0 saturated carbocycles. The maximum atomic E-state index is 10.6. The first-order chi connectivity index (χ1) is 10.2. The van der Waals surface area contributed by atoms with Gasteiger partial charge in [0.15, 0.2) is 4.34 Å². The minimum absolute atomic E-state index is 0.00742. The number of carboxylic acid groups (broad SMARTS) is 1. The van der Waals surface area contributed by atoms with Crippen molar-refractivity contribution in [2.24, 2.45) is 0 Å². The van der Waals surface area contributed by atoms with Crippen LogP contribution in [0.1, 0.15) is 13.8 Å². The van der Waals surface area contributed by atoms with Gasteiger partial charge in [0.1, 0.15) is 0 Å². The number of thioether (sulfide) groups is 1. The van der Waals surface area contributed by atoms with Crippen LogP contribution in [0.15, 0.2) is 4.34 Å². The molecule has 0 spiro atoms. The van der Waals surface area contributed by atoms with Crippen LogP contribution in [-0.4, -0.2) is 66.5 Å². The number of aromatic nitrogens is 2. The normalized spacial score (nSPS) is 10.8. The van der Waals surface area contributed by atoms with E-state index in [1.54, 1.807) is 0 Å². The van der Waals surface area contributed by atoms with Crippen LogP contribution < -0.4 is 4.90 Å². The first-order valence-electron chi connectivity index (χ1n) is 6.75. The van der Waals surface area contributed by atoms with Crippen LogP contribution in [0.2, 0.25) is 0 Å². The van der Waals surface area contributed by atoms with Gasteiger partial charge in [0.25, 0.3) is 0 Å². The van der Waals surface area contributed by atoms with E-state index >= 15 is 0 Å². The van der Waals surface area contributed by atoms with Crippen molar-refractivity contribution in [3.63, 3.8) is 0 Å². The van der Waals surface area contributed by atoms with Crippen LogP contribution in [0.25, 0.3) is 0 Å². The number of ether oxygens (including phenoxy) is 2. The van der Waals surface area contributed by atoms with Gasteiger partial charge in [-0.2, -0.15) is 0 Å². The second-order valence-electron chi connectivity index (χ2n) is 3.91. The third-order valence-corrected chi connectivity index (χ3v) is 4.51. The van der Waals surface area contributed by atoms with Gasteiger partial charge in [0.05, 0.1) is 19.0 Å². The standard InChI is InChI=1S/C12H21N3O4S2/c1-3-18-7-5-15(6-8-19-4-2)11-13-14-12(21-11)20-9-10(16)17/h3-9H2,1-2H3,(H,16,17). The zero-order valence-electron chi connectivity index (χ0n) is 12.3. The van der Waals surface area contributed by atoms with Crippen LogP contribution in [0, 0.1) is 0 Å². The molecule has 21 heavy (non-hydrogen) atoms. The average molecular weight is 335 g/mol. The number of aliphatic carboxylic acids is 1. The van der Waals surface area contributed by atoms with Gasteiger partial charge >= 0.3 is 5.97 Å². The lowest BCUT2D eigenvalue weighted by molar-refractivity contribution is -0.133. The first kappa shape index (κ1) is 18.1. The molecule has 7 nitrogen and oxygen atoms in total. The zero-order chi connectivity index (χ0) is 15.5. The summed E-state index contributed by atoms with van der Waals surface area (Å²) in [6.07, 6.45) is 0. The second-order valence-corrected chi connectivity index (χ2v) is 6.09. The van der Waals surface area contributed by atoms with Gasteiger partial charge < -0.3 is 19.5 Å². The third-order valence-electron chi connectivity index (χ3n) is 2.40. The van der Waals surface area contributed by atoms with Gasteiger partial charge in [-0.1, -0.05) is 23.1 Å². The third kappa shape index (κ3) is 7.60. The SMILES string of the molecule is CCOCCN(CCOCC)c1nnc(SCC(=O)O)s1. The Kier molecular flexibility index (Phi) is 9.31. The molecule has 0 atom stereocenters. The van der Waals surface area contributed by atoms with Gasteiger partial charge in [0, 0.05) is 26.3 Å². The fourth-order valence-electron chi connectivity index (χ4n) is 1.45. The zero-order valence-corrected chi connectivity index (χ0v) is 13.9. The van der Waals surface area contributed by atoms with Gasteiger partial charge in [-0.25, -0.2) is 0 Å². The molecule has 0 amide bonds. The summed E-state index contributed by atoms with van der Waals surface area (Å²) in [6.45, 7) is 7.90. The highest BCUT2D eigenvalue weighted by Gasteiger charge is 2.13. The highest BCUT2D eigenvalue weighted by molar-refractivity contribution is 8.01. The molecule has 1 aromatic rings. The predicted octanol–water partition coefficient (Wildman–Crippen LogP) is 1.59. The summed E-state index contributed by atoms with van der Waals surface area (Å²) < 4.78 is 11.4. The lowest BCUT2D eigenvalue weighted by Crippen LogP contribution is -2.31. The second kappa shape index (κ2) is 10.8. The van der Waals surface area contributed by atoms with E-state index in [1.807, 2.05) is 18.7 Å². The number of anilines is 1. The van der Waals surface area contributed by atoms with E-state index in [2.05, 4.69) is 10.2 Å². The smallest absolute Gasteiger partial charge is 0.313 e. The molecule has 0 bridgehead atoms. The molecule has 0 saturated heterocycles. The molecule has 0 aliphatic rings. The monoisotopic (exact) mass is 335 g/mol. The highest BCUT2D eigenvalue weighted by atomic mass is 32.2. The molecule has 0 fully saturated rings. The van der Waals surface area contributed by atoms with Gasteiger partial charge in [0.2, 0.25) is 5.13 Å². The van der Waals surface area contributed by atoms with Crippen molar-refractivity contribution in [1.29, 1.82) is 0 Å². The molecule has 0 aromatic carbocycles. The maximum Gasteiger partial charge on any atom is 0.313 e. The molecular formula is C12H21N3O4S2. The van der Waals surface area contributed by atoms with E-state index in [4.69, 9.17) is 14.6 Å². The van der Waals surface area contributed by atoms with Crippen molar-refractivity contribution >= 4 is 34.2 Å². The summed E-state index contributed by atoms with van der Waals surface area (Å²) in [6, 6.07) is 0. The van der Waals surface area contributed by atoms with Crippen molar-refractivity contribution in [1.82, 2.24) is 10.2 Å². The molecule has 1 N–H and O–H groups in total. The minimum atomic E-state index is -0.860.